The summed E-state index contributed by atoms with van der Waals surface area (Å²) in [5, 5.41) is 3.52. The minimum Gasteiger partial charge on any atom is -0.314 e. The first kappa shape index (κ1) is 12.7. The minimum absolute atomic E-state index is 0.318. The van der Waals surface area contributed by atoms with Gasteiger partial charge < -0.3 is 5.32 Å². The van der Waals surface area contributed by atoms with Crippen molar-refractivity contribution in [1.82, 2.24) is 10.2 Å². The number of rotatable bonds is 1. The topological polar surface area (TPSA) is 15.3 Å². The zero-order valence-corrected chi connectivity index (χ0v) is 12.0. The van der Waals surface area contributed by atoms with Crippen molar-refractivity contribution in [2.75, 3.05) is 31.1 Å². The Morgan fingerprint density at radius 2 is 2.00 bits per heavy atom. The smallest absolute Gasteiger partial charge is 0.0281 e. The highest BCUT2D eigenvalue weighted by Gasteiger charge is 2.42. The highest BCUT2D eigenvalue weighted by molar-refractivity contribution is 7.99. The van der Waals surface area contributed by atoms with E-state index in [2.05, 4.69) is 49.7 Å². The molecule has 0 amide bonds. The fourth-order valence-corrected chi connectivity index (χ4v) is 4.70. The van der Waals surface area contributed by atoms with Crippen LogP contribution < -0.4 is 5.32 Å². The molecule has 2 heterocycles. The summed E-state index contributed by atoms with van der Waals surface area (Å²) in [6, 6.07) is 0.753. The molecule has 0 aromatic rings. The normalized spacial score (nSPS) is 34.9. The average Bonchev–Trinajstić information content (AvgIpc) is 2.18. The lowest BCUT2D eigenvalue weighted by molar-refractivity contribution is -0.00125. The molecule has 2 aliphatic rings. The summed E-state index contributed by atoms with van der Waals surface area (Å²) in [6.45, 7) is 13.2. The summed E-state index contributed by atoms with van der Waals surface area (Å²) >= 11 is 2.14. The molecule has 2 rings (SSSR count). The van der Waals surface area contributed by atoms with Crippen LogP contribution in [0.25, 0.3) is 0 Å². The Kier molecular flexibility index (Phi) is 3.58. The average molecular weight is 242 g/mol. The van der Waals surface area contributed by atoms with E-state index in [0.29, 0.717) is 11.0 Å². The van der Waals surface area contributed by atoms with Gasteiger partial charge in [-0.15, -0.1) is 0 Å². The SMILES string of the molecule is CC1(C)CCSCC1N1CCNCC1(C)C. The molecule has 1 N–H and O–H groups in total. The maximum Gasteiger partial charge on any atom is 0.0281 e. The Morgan fingerprint density at radius 1 is 1.25 bits per heavy atom. The van der Waals surface area contributed by atoms with Crippen LogP contribution in [0.3, 0.4) is 0 Å². The van der Waals surface area contributed by atoms with Gasteiger partial charge in [-0.05, 0) is 31.4 Å². The van der Waals surface area contributed by atoms with Gasteiger partial charge >= 0.3 is 0 Å². The molecule has 0 spiro atoms. The molecule has 0 saturated carbocycles. The molecule has 2 saturated heterocycles. The molecule has 0 aliphatic carbocycles. The maximum atomic E-state index is 3.52. The van der Waals surface area contributed by atoms with E-state index in [4.69, 9.17) is 0 Å². The lowest BCUT2D eigenvalue weighted by Gasteiger charge is -2.53. The van der Waals surface area contributed by atoms with E-state index in [9.17, 15) is 0 Å². The third-order valence-electron chi connectivity index (χ3n) is 4.31. The molecule has 2 fully saturated rings. The van der Waals surface area contributed by atoms with Crippen LogP contribution in [0.1, 0.15) is 34.1 Å². The Labute approximate surface area is 105 Å². The standard InChI is InChI=1S/C13H26N2S/c1-12(2)5-8-16-9-11(12)15-7-6-14-10-13(15,3)4/h11,14H,5-10H2,1-4H3. The number of hydrogen-bond donors (Lipinski definition) is 1. The van der Waals surface area contributed by atoms with Crippen LogP contribution in [0.4, 0.5) is 0 Å². The van der Waals surface area contributed by atoms with Crippen molar-refractivity contribution >= 4 is 11.8 Å². The Morgan fingerprint density at radius 3 is 2.62 bits per heavy atom. The Bertz CT molecular complexity index is 224. The predicted molar refractivity (Wildman–Crippen MR) is 73.2 cm³/mol. The van der Waals surface area contributed by atoms with Gasteiger partial charge in [0.15, 0.2) is 0 Å². The first-order valence-corrected chi connectivity index (χ1v) is 7.64. The fourth-order valence-electron chi connectivity index (χ4n) is 3.01. The van der Waals surface area contributed by atoms with E-state index in [1.807, 2.05) is 0 Å². The van der Waals surface area contributed by atoms with E-state index in [1.54, 1.807) is 0 Å². The molecule has 0 aromatic carbocycles. The van der Waals surface area contributed by atoms with Crippen molar-refractivity contribution in [2.45, 2.75) is 45.7 Å². The number of piperazine rings is 1. The van der Waals surface area contributed by atoms with Crippen molar-refractivity contribution in [3.05, 3.63) is 0 Å². The van der Waals surface area contributed by atoms with Gasteiger partial charge in [-0.3, -0.25) is 4.90 Å². The molecule has 1 unspecified atom stereocenters. The second-order valence-electron chi connectivity index (χ2n) is 6.51. The summed E-state index contributed by atoms with van der Waals surface area (Å²) in [6.07, 6.45) is 1.36. The quantitative estimate of drug-likeness (QED) is 0.759. The van der Waals surface area contributed by atoms with E-state index < -0.39 is 0 Å². The fraction of sp³-hybridized carbons (Fsp3) is 1.00. The van der Waals surface area contributed by atoms with E-state index in [0.717, 1.165) is 19.1 Å². The zero-order chi connectivity index (χ0) is 11.8. The van der Waals surface area contributed by atoms with Crippen LogP contribution >= 0.6 is 11.8 Å². The van der Waals surface area contributed by atoms with Gasteiger partial charge in [-0.25, -0.2) is 0 Å². The van der Waals surface area contributed by atoms with Gasteiger partial charge in [0, 0.05) is 37.0 Å². The number of nitrogens with one attached hydrogen (secondary N) is 1. The highest BCUT2D eigenvalue weighted by atomic mass is 32.2. The zero-order valence-electron chi connectivity index (χ0n) is 11.2. The van der Waals surface area contributed by atoms with Crippen LogP contribution in [0.5, 0.6) is 0 Å². The highest BCUT2D eigenvalue weighted by Crippen LogP contribution is 2.39. The lowest BCUT2D eigenvalue weighted by atomic mass is 9.79. The van der Waals surface area contributed by atoms with E-state index in [-0.39, 0.29) is 0 Å². The third-order valence-corrected chi connectivity index (χ3v) is 5.35. The van der Waals surface area contributed by atoms with Crippen molar-refractivity contribution in [3.8, 4) is 0 Å². The molecule has 16 heavy (non-hydrogen) atoms. The van der Waals surface area contributed by atoms with Gasteiger partial charge in [-0.2, -0.15) is 11.8 Å². The van der Waals surface area contributed by atoms with E-state index >= 15 is 0 Å². The molecule has 0 radical (unpaired) electrons. The first-order valence-electron chi connectivity index (χ1n) is 6.49. The van der Waals surface area contributed by atoms with Crippen LogP contribution in [-0.4, -0.2) is 47.6 Å². The number of thioether (sulfide) groups is 1. The van der Waals surface area contributed by atoms with Crippen molar-refractivity contribution in [2.24, 2.45) is 5.41 Å². The Balaban J connectivity index is 2.15. The van der Waals surface area contributed by atoms with Gasteiger partial charge in [0.2, 0.25) is 0 Å². The summed E-state index contributed by atoms with van der Waals surface area (Å²) in [5.41, 5.74) is 0.804. The van der Waals surface area contributed by atoms with Crippen molar-refractivity contribution in [3.63, 3.8) is 0 Å². The second-order valence-corrected chi connectivity index (χ2v) is 7.66. The predicted octanol–water partition coefficient (Wildman–Crippen LogP) is 2.20. The summed E-state index contributed by atoms with van der Waals surface area (Å²) in [5.74, 6) is 2.66. The van der Waals surface area contributed by atoms with Gasteiger partial charge in [0.25, 0.3) is 0 Å². The molecule has 2 nitrogen and oxygen atoms in total. The third kappa shape index (κ3) is 2.41. The van der Waals surface area contributed by atoms with Crippen molar-refractivity contribution < 1.29 is 0 Å². The molecular weight excluding hydrogens is 216 g/mol. The molecule has 3 heteroatoms. The first-order chi connectivity index (χ1) is 7.43. The number of hydrogen-bond acceptors (Lipinski definition) is 3. The monoisotopic (exact) mass is 242 g/mol. The van der Waals surface area contributed by atoms with Crippen LogP contribution in [0.2, 0.25) is 0 Å². The lowest BCUT2D eigenvalue weighted by Crippen LogP contribution is -2.65. The van der Waals surface area contributed by atoms with Crippen LogP contribution in [0, 0.1) is 5.41 Å². The number of nitrogens with zero attached hydrogens (tertiary/aromatic N) is 1. The minimum atomic E-state index is 0.318. The largest absolute Gasteiger partial charge is 0.314 e. The molecule has 1 atom stereocenters. The van der Waals surface area contributed by atoms with Crippen LogP contribution in [-0.2, 0) is 0 Å². The molecular formula is C13H26N2S. The van der Waals surface area contributed by atoms with Gasteiger partial charge in [0.1, 0.15) is 0 Å². The summed E-state index contributed by atoms with van der Waals surface area (Å²) in [7, 11) is 0. The Hall–Kier alpha value is 0.270. The summed E-state index contributed by atoms with van der Waals surface area (Å²) in [4.78, 5) is 2.76. The molecule has 0 bridgehead atoms. The molecule has 94 valence electrons. The second kappa shape index (κ2) is 4.51. The molecule has 2 aliphatic heterocycles. The van der Waals surface area contributed by atoms with Crippen molar-refractivity contribution in [1.29, 1.82) is 0 Å². The van der Waals surface area contributed by atoms with Gasteiger partial charge in [-0.1, -0.05) is 13.8 Å². The summed E-state index contributed by atoms with van der Waals surface area (Å²) < 4.78 is 0. The van der Waals surface area contributed by atoms with Gasteiger partial charge in [0.05, 0.1) is 0 Å². The molecule has 0 aromatic heterocycles. The van der Waals surface area contributed by atoms with E-state index in [1.165, 1.54) is 24.5 Å². The van der Waals surface area contributed by atoms with Crippen LogP contribution in [0.15, 0.2) is 0 Å². The maximum absolute atomic E-state index is 3.52.